The summed E-state index contributed by atoms with van der Waals surface area (Å²) in [4.78, 5) is 43.8. The summed E-state index contributed by atoms with van der Waals surface area (Å²) in [6.07, 6.45) is 3.44. The highest BCUT2D eigenvalue weighted by Crippen LogP contribution is 2.25. The van der Waals surface area contributed by atoms with E-state index in [1.807, 2.05) is 25.1 Å². The molecule has 1 fully saturated rings. The molecule has 3 heterocycles. The second kappa shape index (κ2) is 8.12. The maximum atomic E-state index is 13.1. The van der Waals surface area contributed by atoms with Gasteiger partial charge >= 0.3 is 0 Å². The fourth-order valence-electron chi connectivity index (χ4n) is 3.59. The van der Waals surface area contributed by atoms with Gasteiger partial charge in [0, 0.05) is 31.0 Å². The number of thiazole rings is 1. The van der Waals surface area contributed by atoms with Crippen molar-refractivity contribution in [2.75, 3.05) is 16.9 Å². The lowest BCUT2D eigenvalue weighted by Crippen LogP contribution is -2.47. The summed E-state index contributed by atoms with van der Waals surface area (Å²) in [6.45, 7) is 2.43. The van der Waals surface area contributed by atoms with Crippen LogP contribution in [0.4, 0.5) is 10.8 Å². The molecule has 4 rings (SSSR count). The molecule has 1 unspecified atom stereocenters. The minimum atomic E-state index is -0.556. The molecule has 1 atom stereocenters. The van der Waals surface area contributed by atoms with Crippen molar-refractivity contribution in [3.05, 3.63) is 41.4 Å². The van der Waals surface area contributed by atoms with Gasteiger partial charge in [0.25, 0.3) is 5.91 Å². The Balaban J connectivity index is 1.53. The molecule has 1 aromatic heterocycles. The van der Waals surface area contributed by atoms with Crippen molar-refractivity contribution in [3.63, 3.8) is 0 Å². The molecule has 0 aliphatic carbocycles. The number of carbonyl (C=O) groups is 3. The van der Waals surface area contributed by atoms with Crippen LogP contribution in [0.3, 0.4) is 0 Å². The third-order valence-corrected chi connectivity index (χ3v) is 5.69. The van der Waals surface area contributed by atoms with Crippen LogP contribution < -0.4 is 10.3 Å². The highest BCUT2D eigenvalue weighted by molar-refractivity contribution is 7.13. The van der Waals surface area contributed by atoms with Gasteiger partial charge in [-0.1, -0.05) is 12.1 Å². The van der Waals surface area contributed by atoms with Crippen molar-refractivity contribution in [1.29, 1.82) is 0 Å². The smallest absolute Gasteiger partial charge is 0.270 e. The van der Waals surface area contributed by atoms with Crippen molar-refractivity contribution < 1.29 is 14.4 Å². The van der Waals surface area contributed by atoms with Crippen LogP contribution in [-0.2, 0) is 14.4 Å². The molecule has 9 heteroatoms. The standard InChI is InChI=1S/C20H21N5O3S/c1-13-4-2-5-14(12-13)25-17(26)8-7-15(23-25)19(28)24-10-3-6-16(24)18(27)22-20-21-9-11-29-20/h2,4-5,9,11-12,16H,3,6-8,10H2,1H3,(H,21,22,27). The van der Waals surface area contributed by atoms with Gasteiger partial charge in [0.1, 0.15) is 11.8 Å². The highest BCUT2D eigenvalue weighted by atomic mass is 32.1. The Morgan fingerprint density at radius 3 is 2.90 bits per heavy atom. The van der Waals surface area contributed by atoms with Crippen LogP contribution in [0.25, 0.3) is 0 Å². The fourth-order valence-corrected chi connectivity index (χ4v) is 4.12. The van der Waals surface area contributed by atoms with E-state index < -0.39 is 6.04 Å². The molecule has 3 amide bonds. The molecule has 2 aliphatic rings. The van der Waals surface area contributed by atoms with E-state index in [1.165, 1.54) is 16.3 Å². The number of hydrogen-bond donors (Lipinski definition) is 1. The zero-order valence-electron chi connectivity index (χ0n) is 16.0. The van der Waals surface area contributed by atoms with Gasteiger partial charge in [0.2, 0.25) is 11.8 Å². The fraction of sp³-hybridized carbons (Fsp3) is 0.350. The highest BCUT2D eigenvalue weighted by Gasteiger charge is 2.37. The molecule has 8 nitrogen and oxygen atoms in total. The number of benzene rings is 1. The largest absolute Gasteiger partial charge is 0.325 e. The summed E-state index contributed by atoms with van der Waals surface area (Å²) in [6, 6.07) is 6.88. The predicted molar refractivity (Wildman–Crippen MR) is 111 cm³/mol. The number of anilines is 2. The third kappa shape index (κ3) is 4.04. The van der Waals surface area contributed by atoms with Crippen LogP contribution in [0.1, 0.15) is 31.2 Å². The van der Waals surface area contributed by atoms with Crippen LogP contribution in [0.15, 0.2) is 40.9 Å². The summed E-state index contributed by atoms with van der Waals surface area (Å²) >= 11 is 1.33. The van der Waals surface area contributed by atoms with Crippen LogP contribution >= 0.6 is 11.3 Å². The number of aromatic nitrogens is 1. The lowest BCUT2D eigenvalue weighted by molar-refractivity contribution is -0.131. The normalized spacial score (nSPS) is 19.3. The van der Waals surface area contributed by atoms with Crippen molar-refractivity contribution in [1.82, 2.24) is 9.88 Å². The first-order valence-corrected chi connectivity index (χ1v) is 10.4. The molecule has 1 aromatic carbocycles. The third-order valence-electron chi connectivity index (χ3n) is 5.00. The van der Waals surface area contributed by atoms with Crippen molar-refractivity contribution in [3.8, 4) is 0 Å². The van der Waals surface area contributed by atoms with Gasteiger partial charge in [-0.2, -0.15) is 5.10 Å². The Kier molecular flexibility index (Phi) is 5.39. The molecule has 0 radical (unpaired) electrons. The first-order valence-electron chi connectivity index (χ1n) is 9.51. The number of likely N-dealkylation sites (tertiary alicyclic amines) is 1. The summed E-state index contributed by atoms with van der Waals surface area (Å²) in [5, 5.41) is 10.7. The number of amides is 3. The first-order chi connectivity index (χ1) is 14.0. The number of rotatable bonds is 4. The second-order valence-electron chi connectivity index (χ2n) is 7.07. The van der Waals surface area contributed by atoms with E-state index in [9.17, 15) is 14.4 Å². The number of hydrazone groups is 1. The Hall–Kier alpha value is -3.07. The topological polar surface area (TPSA) is 95.0 Å². The van der Waals surface area contributed by atoms with Crippen LogP contribution in [0.2, 0.25) is 0 Å². The molecule has 1 saturated heterocycles. The SMILES string of the molecule is Cc1cccc(N2N=C(C(=O)N3CCCC3C(=O)Nc3nccs3)CCC2=O)c1. The Labute approximate surface area is 172 Å². The molecule has 2 aromatic rings. The summed E-state index contributed by atoms with van der Waals surface area (Å²) in [5.41, 5.74) is 1.95. The van der Waals surface area contributed by atoms with E-state index in [2.05, 4.69) is 15.4 Å². The molecule has 150 valence electrons. The maximum Gasteiger partial charge on any atom is 0.270 e. The maximum absolute atomic E-state index is 13.1. The molecule has 0 saturated carbocycles. The number of aryl methyl sites for hydroxylation is 1. The summed E-state index contributed by atoms with van der Waals surface area (Å²) < 4.78 is 0. The number of nitrogens with one attached hydrogen (secondary N) is 1. The molecule has 2 aliphatic heterocycles. The lowest BCUT2D eigenvalue weighted by Gasteiger charge is -2.28. The Bertz CT molecular complexity index is 972. The zero-order chi connectivity index (χ0) is 20.4. The van der Waals surface area contributed by atoms with E-state index in [0.717, 1.165) is 12.0 Å². The average Bonchev–Trinajstić information content (AvgIpc) is 3.39. The summed E-state index contributed by atoms with van der Waals surface area (Å²) in [5.74, 6) is -0.674. The van der Waals surface area contributed by atoms with E-state index >= 15 is 0 Å². The number of hydrogen-bond acceptors (Lipinski definition) is 6. The zero-order valence-corrected chi connectivity index (χ0v) is 16.8. The van der Waals surface area contributed by atoms with Crippen molar-refractivity contribution in [2.45, 2.75) is 38.6 Å². The molecule has 29 heavy (non-hydrogen) atoms. The van der Waals surface area contributed by atoms with E-state index in [4.69, 9.17) is 0 Å². The molecular formula is C20H21N5O3S. The Morgan fingerprint density at radius 1 is 1.28 bits per heavy atom. The van der Waals surface area contributed by atoms with Gasteiger partial charge in [-0.25, -0.2) is 9.99 Å². The number of carbonyl (C=O) groups excluding carboxylic acids is 3. The van der Waals surface area contributed by atoms with E-state index in [0.29, 0.717) is 29.5 Å². The first kappa shape index (κ1) is 19.3. The average molecular weight is 411 g/mol. The van der Waals surface area contributed by atoms with Crippen LogP contribution in [0, 0.1) is 6.92 Å². The minimum absolute atomic E-state index is 0.147. The monoisotopic (exact) mass is 411 g/mol. The molecule has 0 bridgehead atoms. The van der Waals surface area contributed by atoms with Gasteiger partial charge in [-0.15, -0.1) is 11.3 Å². The van der Waals surface area contributed by atoms with Crippen LogP contribution in [-0.4, -0.2) is 45.9 Å². The quantitative estimate of drug-likeness (QED) is 0.836. The van der Waals surface area contributed by atoms with E-state index in [-0.39, 0.29) is 30.6 Å². The molecule has 0 spiro atoms. The molecule has 1 N–H and O–H groups in total. The predicted octanol–water partition coefficient (Wildman–Crippen LogP) is 2.56. The van der Waals surface area contributed by atoms with Gasteiger partial charge in [-0.05, 0) is 37.5 Å². The second-order valence-corrected chi connectivity index (χ2v) is 7.97. The Morgan fingerprint density at radius 2 is 2.14 bits per heavy atom. The summed E-state index contributed by atoms with van der Waals surface area (Å²) in [7, 11) is 0. The van der Waals surface area contributed by atoms with Crippen molar-refractivity contribution in [2.24, 2.45) is 5.10 Å². The van der Waals surface area contributed by atoms with E-state index in [1.54, 1.807) is 22.5 Å². The van der Waals surface area contributed by atoms with Crippen molar-refractivity contribution >= 4 is 45.6 Å². The van der Waals surface area contributed by atoms with Gasteiger partial charge < -0.3 is 10.2 Å². The molecular weight excluding hydrogens is 390 g/mol. The van der Waals surface area contributed by atoms with Gasteiger partial charge in [-0.3, -0.25) is 14.4 Å². The minimum Gasteiger partial charge on any atom is -0.325 e. The van der Waals surface area contributed by atoms with Crippen LogP contribution in [0.5, 0.6) is 0 Å². The van der Waals surface area contributed by atoms with Gasteiger partial charge in [0.05, 0.1) is 5.69 Å². The lowest BCUT2D eigenvalue weighted by atomic mass is 10.1. The number of nitrogens with zero attached hydrogens (tertiary/aromatic N) is 4. The van der Waals surface area contributed by atoms with Gasteiger partial charge in [0.15, 0.2) is 5.13 Å².